The molecule has 0 bridgehead atoms. The molecular weight excluding hydrogens is 344 g/mol. The van der Waals surface area contributed by atoms with Crippen molar-refractivity contribution in [3.05, 3.63) is 53.1 Å². The topological polar surface area (TPSA) is 90.7 Å². The van der Waals surface area contributed by atoms with Gasteiger partial charge in [0.1, 0.15) is 5.75 Å². The van der Waals surface area contributed by atoms with Crippen LogP contribution in [0, 0.1) is 0 Å². The summed E-state index contributed by atoms with van der Waals surface area (Å²) in [6.45, 7) is 1.75. The predicted octanol–water partition coefficient (Wildman–Crippen LogP) is 3.50. The van der Waals surface area contributed by atoms with Crippen molar-refractivity contribution in [3.8, 4) is 5.75 Å². The highest BCUT2D eigenvalue weighted by Gasteiger charge is 2.23. The lowest BCUT2D eigenvalue weighted by Gasteiger charge is -2.17. The van der Waals surface area contributed by atoms with Crippen LogP contribution in [0.1, 0.15) is 23.7 Å². The van der Waals surface area contributed by atoms with E-state index in [4.69, 9.17) is 26.8 Å². The summed E-state index contributed by atoms with van der Waals surface area (Å²) in [5, 5.41) is 3.12. The van der Waals surface area contributed by atoms with Gasteiger partial charge in [-0.15, -0.1) is 0 Å². The lowest BCUT2D eigenvalue weighted by Crippen LogP contribution is -2.32. The van der Waals surface area contributed by atoms with Crippen molar-refractivity contribution in [2.45, 2.75) is 19.4 Å². The van der Waals surface area contributed by atoms with E-state index >= 15 is 0 Å². The first-order valence-corrected chi connectivity index (χ1v) is 8.03. The van der Waals surface area contributed by atoms with Crippen LogP contribution < -0.4 is 15.8 Å². The Bertz CT molecular complexity index is 762. The maximum Gasteiger partial charge on any atom is 0.338 e. The quantitative estimate of drug-likeness (QED) is 0.606. The zero-order valence-corrected chi connectivity index (χ0v) is 14.7. The molecule has 7 heteroatoms. The molecule has 1 amide bonds. The zero-order chi connectivity index (χ0) is 18.4. The second-order valence-corrected chi connectivity index (χ2v) is 5.69. The maximum atomic E-state index is 12.4. The van der Waals surface area contributed by atoms with Gasteiger partial charge < -0.3 is 20.5 Å². The lowest BCUT2D eigenvalue weighted by atomic mass is 10.2. The monoisotopic (exact) mass is 362 g/mol. The maximum absolute atomic E-state index is 12.4. The summed E-state index contributed by atoms with van der Waals surface area (Å²) < 4.78 is 10.5. The summed E-state index contributed by atoms with van der Waals surface area (Å²) in [6, 6.07) is 11.1. The minimum Gasteiger partial charge on any atom is -0.495 e. The molecule has 2 rings (SSSR count). The number of methoxy groups -OCH3 is 1. The minimum atomic E-state index is -0.950. The van der Waals surface area contributed by atoms with E-state index in [2.05, 4.69) is 5.32 Å². The zero-order valence-electron chi connectivity index (χ0n) is 13.9. The number of nitrogen functional groups attached to an aromatic ring is 1. The third-order valence-electron chi connectivity index (χ3n) is 3.48. The standard InChI is InChI=1S/C18H19ClN2O4/c1-3-15(25-18(23)11-4-7-13(20)8-5-11)17(22)21-14-10-12(19)6-9-16(14)24-2/h4-10,15H,3,20H2,1-2H3,(H,21,22). The van der Waals surface area contributed by atoms with Crippen LogP contribution in [0.2, 0.25) is 5.02 Å². The van der Waals surface area contributed by atoms with Crippen LogP contribution in [0.5, 0.6) is 5.75 Å². The number of anilines is 2. The Balaban J connectivity index is 2.09. The Kier molecular flexibility index (Phi) is 6.25. The molecule has 0 aliphatic carbocycles. The Labute approximate surface area is 150 Å². The highest BCUT2D eigenvalue weighted by Crippen LogP contribution is 2.28. The number of esters is 1. The van der Waals surface area contributed by atoms with E-state index in [-0.39, 0.29) is 0 Å². The van der Waals surface area contributed by atoms with E-state index in [1.165, 1.54) is 7.11 Å². The number of carbonyl (C=O) groups is 2. The van der Waals surface area contributed by atoms with Gasteiger partial charge in [-0.05, 0) is 48.9 Å². The number of amides is 1. The van der Waals surface area contributed by atoms with E-state index in [0.29, 0.717) is 34.1 Å². The Morgan fingerprint density at radius 3 is 2.48 bits per heavy atom. The first-order valence-electron chi connectivity index (χ1n) is 7.65. The first kappa shape index (κ1) is 18.6. The second-order valence-electron chi connectivity index (χ2n) is 5.26. The molecule has 25 heavy (non-hydrogen) atoms. The van der Waals surface area contributed by atoms with E-state index < -0.39 is 18.0 Å². The van der Waals surface area contributed by atoms with Crippen LogP contribution in [0.25, 0.3) is 0 Å². The summed E-state index contributed by atoms with van der Waals surface area (Å²) >= 11 is 5.95. The highest BCUT2D eigenvalue weighted by atomic mass is 35.5. The molecule has 0 radical (unpaired) electrons. The average molecular weight is 363 g/mol. The van der Waals surface area contributed by atoms with Crippen molar-refractivity contribution in [1.82, 2.24) is 0 Å². The molecule has 0 saturated carbocycles. The van der Waals surface area contributed by atoms with Crippen molar-refractivity contribution >= 4 is 34.9 Å². The van der Waals surface area contributed by atoms with Gasteiger partial charge in [0.25, 0.3) is 5.91 Å². The summed E-state index contributed by atoms with van der Waals surface area (Å²) in [5.74, 6) is -0.607. The van der Waals surface area contributed by atoms with Crippen molar-refractivity contribution in [2.75, 3.05) is 18.2 Å². The molecule has 2 aromatic carbocycles. The molecule has 0 spiro atoms. The number of halogens is 1. The lowest BCUT2D eigenvalue weighted by molar-refractivity contribution is -0.124. The van der Waals surface area contributed by atoms with Crippen LogP contribution in [-0.2, 0) is 9.53 Å². The average Bonchev–Trinajstić information content (AvgIpc) is 2.60. The molecule has 6 nitrogen and oxygen atoms in total. The molecule has 2 aromatic rings. The number of nitrogens with two attached hydrogens (primary N) is 1. The first-order chi connectivity index (χ1) is 11.9. The number of carbonyl (C=O) groups excluding carboxylic acids is 2. The van der Waals surface area contributed by atoms with Crippen molar-refractivity contribution in [1.29, 1.82) is 0 Å². The second kappa shape index (κ2) is 8.39. The van der Waals surface area contributed by atoms with Crippen LogP contribution in [0.15, 0.2) is 42.5 Å². The number of hydrogen-bond acceptors (Lipinski definition) is 5. The summed E-state index contributed by atoms with van der Waals surface area (Å²) in [7, 11) is 1.48. The summed E-state index contributed by atoms with van der Waals surface area (Å²) in [4.78, 5) is 24.6. The fourth-order valence-electron chi connectivity index (χ4n) is 2.13. The molecule has 0 aliphatic rings. The SMILES string of the molecule is CCC(OC(=O)c1ccc(N)cc1)C(=O)Nc1cc(Cl)ccc1OC. The molecule has 0 saturated heterocycles. The molecule has 1 atom stereocenters. The molecular formula is C18H19ClN2O4. The highest BCUT2D eigenvalue weighted by molar-refractivity contribution is 6.31. The van der Waals surface area contributed by atoms with E-state index in [9.17, 15) is 9.59 Å². The molecule has 132 valence electrons. The van der Waals surface area contributed by atoms with Gasteiger partial charge >= 0.3 is 5.97 Å². The number of benzene rings is 2. The van der Waals surface area contributed by atoms with Crippen LogP contribution in [-0.4, -0.2) is 25.1 Å². The molecule has 0 heterocycles. The smallest absolute Gasteiger partial charge is 0.338 e. The Morgan fingerprint density at radius 2 is 1.88 bits per heavy atom. The fraction of sp³-hybridized carbons (Fsp3) is 0.222. The number of nitrogens with one attached hydrogen (secondary N) is 1. The van der Waals surface area contributed by atoms with Gasteiger partial charge in [-0.1, -0.05) is 18.5 Å². The van der Waals surface area contributed by atoms with Crippen molar-refractivity contribution in [3.63, 3.8) is 0 Å². The van der Waals surface area contributed by atoms with Gasteiger partial charge in [0.05, 0.1) is 18.4 Å². The third kappa shape index (κ3) is 4.87. The normalized spacial score (nSPS) is 11.5. The number of rotatable bonds is 6. The van der Waals surface area contributed by atoms with E-state index in [1.807, 2.05) is 0 Å². The molecule has 1 unspecified atom stereocenters. The number of hydrogen-bond donors (Lipinski definition) is 2. The van der Waals surface area contributed by atoms with Gasteiger partial charge in [-0.3, -0.25) is 4.79 Å². The van der Waals surface area contributed by atoms with E-state index in [1.54, 1.807) is 49.4 Å². The largest absolute Gasteiger partial charge is 0.495 e. The molecule has 0 aliphatic heterocycles. The summed E-state index contributed by atoms with van der Waals surface area (Å²) in [5.41, 5.74) is 6.85. The van der Waals surface area contributed by atoms with Crippen molar-refractivity contribution < 1.29 is 19.1 Å². The molecule has 0 aromatic heterocycles. The Hall–Kier alpha value is -2.73. The fourth-order valence-corrected chi connectivity index (χ4v) is 2.30. The van der Waals surface area contributed by atoms with Gasteiger partial charge in [-0.2, -0.15) is 0 Å². The molecule has 0 fully saturated rings. The predicted molar refractivity (Wildman–Crippen MR) is 97.0 cm³/mol. The minimum absolute atomic E-state index is 0.315. The van der Waals surface area contributed by atoms with E-state index in [0.717, 1.165) is 0 Å². The summed E-state index contributed by atoms with van der Waals surface area (Å²) in [6.07, 6.45) is -0.635. The van der Waals surface area contributed by atoms with Gasteiger partial charge in [0.2, 0.25) is 0 Å². The van der Waals surface area contributed by atoms with Crippen molar-refractivity contribution in [2.24, 2.45) is 0 Å². The third-order valence-corrected chi connectivity index (χ3v) is 3.71. The molecule has 3 N–H and O–H groups in total. The van der Waals surface area contributed by atoms with Crippen LogP contribution in [0.3, 0.4) is 0 Å². The van der Waals surface area contributed by atoms with Gasteiger partial charge in [0.15, 0.2) is 6.10 Å². The number of ether oxygens (including phenoxy) is 2. The van der Waals surface area contributed by atoms with Crippen LogP contribution >= 0.6 is 11.6 Å². The Morgan fingerprint density at radius 1 is 1.20 bits per heavy atom. The van der Waals surface area contributed by atoms with Gasteiger partial charge in [0, 0.05) is 10.7 Å². The van der Waals surface area contributed by atoms with Crippen LogP contribution in [0.4, 0.5) is 11.4 Å². The van der Waals surface area contributed by atoms with Gasteiger partial charge in [-0.25, -0.2) is 4.79 Å².